The molecule has 0 saturated heterocycles. The lowest BCUT2D eigenvalue weighted by atomic mass is 10.0. The van der Waals surface area contributed by atoms with Gasteiger partial charge in [-0.3, -0.25) is 4.79 Å². The van der Waals surface area contributed by atoms with Crippen molar-refractivity contribution in [3.63, 3.8) is 0 Å². The Morgan fingerprint density at radius 2 is 1.76 bits per heavy atom. The minimum Gasteiger partial charge on any atom is -0.508 e. The lowest BCUT2D eigenvalue weighted by Gasteiger charge is -2.11. The van der Waals surface area contributed by atoms with E-state index in [-0.39, 0.29) is 17.5 Å². The van der Waals surface area contributed by atoms with Crippen LogP contribution in [-0.2, 0) is 22.4 Å². The molecule has 5 nitrogen and oxygen atoms in total. The number of methoxy groups -OCH3 is 1. The number of halogens is 2. The number of carbonyl (C=O) groups is 1. The van der Waals surface area contributed by atoms with Crippen molar-refractivity contribution < 1.29 is 28.5 Å². The van der Waals surface area contributed by atoms with Crippen LogP contribution in [0.2, 0.25) is 0 Å². The van der Waals surface area contributed by atoms with E-state index < -0.39 is 0 Å². The van der Waals surface area contributed by atoms with Gasteiger partial charge in [0.2, 0.25) is 0 Å². The fraction of sp³-hybridized carbons (Fsp3) is 0.296. The number of phenolic OH excluding ortho intramolecular Hbond substituents is 1. The average molecular weight is 531 g/mol. The first-order valence-electron chi connectivity index (χ1n) is 11.0. The Morgan fingerprint density at radius 1 is 1.09 bits per heavy atom. The summed E-state index contributed by atoms with van der Waals surface area (Å²) in [4.78, 5) is 9.59. The summed E-state index contributed by atoms with van der Waals surface area (Å²) in [5.74, 6) is 2.78. The minimum atomic E-state index is -0.245. The van der Waals surface area contributed by atoms with Crippen molar-refractivity contribution >= 4 is 21.9 Å². The maximum atomic E-state index is 13.6. The molecule has 1 unspecified atom stereocenters. The van der Waals surface area contributed by atoms with E-state index in [0.717, 1.165) is 58.7 Å². The fourth-order valence-corrected chi connectivity index (χ4v) is 3.98. The Hall–Kier alpha value is -3.06. The number of hydrogen-bond acceptors (Lipinski definition) is 5. The van der Waals surface area contributed by atoms with Gasteiger partial charge in [-0.05, 0) is 67.3 Å². The van der Waals surface area contributed by atoms with Crippen molar-refractivity contribution in [2.45, 2.75) is 39.0 Å². The minimum absolute atomic E-state index is 0.106. The van der Waals surface area contributed by atoms with Crippen LogP contribution in [0.15, 0.2) is 59.1 Å². The van der Waals surface area contributed by atoms with Crippen molar-refractivity contribution in [2.75, 3.05) is 13.7 Å². The van der Waals surface area contributed by atoms with Gasteiger partial charge in [0.1, 0.15) is 28.8 Å². The largest absolute Gasteiger partial charge is 0.508 e. The molecule has 3 aromatic carbocycles. The van der Waals surface area contributed by atoms with Gasteiger partial charge in [0, 0.05) is 34.5 Å². The van der Waals surface area contributed by atoms with E-state index in [2.05, 4.69) is 27.6 Å². The first kappa shape index (κ1) is 25.6. The molecule has 1 aliphatic heterocycles. The van der Waals surface area contributed by atoms with Gasteiger partial charge >= 0.3 is 5.97 Å². The Kier molecular flexibility index (Phi) is 8.93. The number of esters is 1. The van der Waals surface area contributed by atoms with Crippen LogP contribution in [0.25, 0.3) is 0 Å². The Labute approximate surface area is 207 Å². The summed E-state index contributed by atoms with van der Waals surface area (Å²) < 4.78 is 29.9. The number of aromatic hydroxyl groups is 1. The molecular formula is C27H28BrFO5. The van der Waals surface area contributed by atoms with Gasteiger partial charge in [-0.2, -0.15) is 0 Å². The topological polar surface area (TPSA) is 65.0 Å². The second kappa shape index (κ2) is 11.9. The molecule has 5 rings (SSSR count). The van der Waals surface area contributed by atoms with Gasteiger partial charge in [-0.25, -0.2) is 4.39 Å². The van der Waals surface area contributed by atoms with Crippen molar-refractivity contribution in [3.05, 3.63) is 81.6 Å². The highest BCUT2D eigenvalue weighted by atomic mass is 79.9. The molecule has 3 aromatic rings. The normalized spacial score (nSPS) is 14.9. The van der Waals surface area contributed by atoms with Crippen LogP contribution in [0, 0.1) is 5.82 Å². The number of ether oxygens (including phenoxy) is 3. The maximum absolute atomic E-state index is 13.6. The molecule has 0 spiro atoms. The predicted octanol–water partition coefficient (Wildman–Crippen LogP) is 6.94. The van der Waals surface area contributed by atoms with Crippen molar-refractivity contribution in [1.82, 2.24) is 0 Å². The number of rotatable bonds is 2. The highest BCUT2D eigenvalue weighted by Crippen LogP contribution is 2.36. The van der Waals surface area contributed by atoms with E-state index in [1.807, 2.05) is 30.3 Å². The van der Waals surface area contributed by atoms with Gasteiger partial charge in [0.25, 0.3) is 0 Å². The van der Waals surface area contributed by atoms with E-state index in [1.165, 1.54) is 25.7 Å². The fourth-order valence-electron chi connectivity index (χ4n) is 3.71. The summed E-state index contributed by atoms with van der Waals surface area (Å²) in [5.41, 5.74) is 3.05. The molecule has 1 aliphatic carbocycles. The molecule has 2 aliphatic rings. The second-order valence-electron chi connectivity index (χ2n) is 8.04. The number of carbonyl (C=O) groups excluding carboxylic acids is 1. The van der Waals surface area contributed by atoms with Gasteiger partial charge in [0.15, 0.2) is 0 Å². The molecule has 0 radical (unpaired) electrons. The zero-order valence-corrected chi connectivity index (χ0v) is 21.0. The number of hydrogen-bond donors (Lipinski definition) is 1. The summed E-state index contributed by atoms with van der Waals surface area (Å²) in [5, 5.41) is 9.10. The molecular weight excluding hydrogens is 503 g/mol. The first-order chi connectivity index (χ1) is 16.3. The summed E-state index contributed by atoms with van der Waals surface area (Å²) in [6, 6.07) is 16.2. The summed E-state index contributed by atoms with van der Waals surface area (Å²) in [6.45, 7) is 4.21. The number of benzene rings is 3. The molecule has 1 N–H and O–H groups in total. The van der Waals surface area contributed by atoms with Crippen molar-refractivity contribution in [3.8, 4) is 23.0 Å². The van der Waals surface area contributed by atoms with Gasteiger partial charge in [0.05, 0.1) is 13.7 Å². The highest BCUT2D eigenvalue weighted by molar-refractivity contribution is 9.10. The van der Waals surface area contributed by atoms with Crippen LogP contribution in [0.3, 0.4) is 0 Å². The summed E-state index contributed by atoms with van der Waals surface area (Å²) in [7, 11) is 1.35. The van der Waals surface area contributed by atoms with Crippen LogP contribution in [-0.4, -0.2) is 24.8 Å². The predicted molar refractivity (Wildman–Crippen MR) is 132 cm³/mol. The standard InChI is InChI=1S/C15H12BrFO.C9H10O2.C3H6O2/c16-10-4-6-11(7-5-10)18-15-9-8-14(17)12-2-1-3-13(12)15;1-6-5-11-9-4-7(10)2-3-8(6)9;1-3(4)5-2/h4-9H,1-3H2;2-4,6,10H,5H2,1H3;1-2H3. The molecule has 1 atom stereocenters. The van der Waals surface area contributed by atoms with Crippen LogP contribution in [0.5, 0.6) is 23.0 Å². The van der Waals surface area contributed by atoms with E-state index >= 15 is 0 Å². The van der Waals surface area contributed by atoms with Gasteiger partial charge in [-0.1, -0.05) is 28.9 Å². The third-order valence-electron chi connectivity index (χ3n) is 5.53. The maximum Gasteiger partial charge on any atom is 0.302 e. The zero-order chi connectivity index (χ0) is 24.7. The van der Waals surface area contributed by atoms with E-state index in [4.69, 9.17) is 14.6 Å². The Morgan fingerprint density at radius 3 is 2.44 bits per heavy atom. The quantitative estimate of drug-likeness (QED) is 0.363. The molecule has 0 aromatic heterocycles. The first-order valence-corrected chi connectivity index (χ1v) is 11.8. The van der Waals surface area contributed by atoms with Gasteiger partial charge in [-0.15, -0.1) is 0 Å². The number of fused-ring (bicyclic) bond motifs is 2. The van der Waals surface area contributed by atoms with Gasteiger partial charge < -0.3 is 19.3 Å². The van der Waals surface area contributed by atoms with Crippen LogP contribution in [0.1, 0.15) is 42.9 Å². The zero-order valence-electron chi connectivity index (χ0n) is 19.4. The summed E-state index contributed by atoms with van der Waals surface area (Å²) >= 11 is 3.39. The van der Waals surface area contributed by atoms with E-state index in [1.54, 1.807) is 18.2 Å². The molecule has 34 heavy (non-hydrogen) atoms. The number of phenols is 1. The lowest BCUT2D eigenvalue weighted by Crippen LogP contribution is -1.94. The monoisotopic (exact) mass is 530 g/mol. The highest BCUT2D eigenvalue weighted by Gasteiger charge is 2.20. The molecule has 1 heterocycles. The van der Waals surface area contributed by atoms with Crippen molar-refractivity contribution in [2.24, 2.45) is 0 Å². The lowest BCUT2D eigenvalue weighted by molar-refractivity contribution is -0.137. The summed E-state index contributed by atoms with van der Waals surface area (Å²) in [6.07, 6.45) is 2.73. The van der Waals surface area contributed by atoms with Crippen LogP contribution >= 0.6 is 15.9 Å². The smallest absolute Gasteiger partial charge is 0.302 e. The molecule has 0 saturated carbocycles. The van der Waals surface area contributed by atoms with E-state index in [9.17, 15) is 9.18 Å². The van der Waals surface area contributed by atoms with Crippen molar-refractivity contribution in [1.29, 1.82) is 0 Å². The van der Waals surface area contributed by atoms with E-state index in [0.29, 0.717) is 5.92 Å². The second-order valence-corrected chi connectivity index (χ2v) is 8.96. The van der Waals surface area contributed by atoms with Crippen LogP contribution < -0.4 is 9.47 Å². The molecule has 0 bridgehead atoms. The Balaban J connectivity index is 0.000000172. The molecule has 180 valence electrons. The Bertz CT molecular complexity index is 1130. The third-order valence-corrected chi connectivity index (χ3v) is 6.06. The third kappa shape index (κ3) is 6.73. The van der Waals surface area contributed by atoms with Crippen LogP contribution in [0.4, 0.5) is 4.39 Å². The molecule has 7 heteroatoms. The average Bonchev–Trinajstić information content (AvgIpc) is 3.46. The molecule has 0 amide bonds. The SMILES string of the molecule is CC1COc2cc(O)ccc21.COC(C)=O.Fc1ccc(Oc2ccc(Br)cc2)c2c1CCC2. The molecule has 0 fully saturated rings.